The van der Waals surface area contributed by atoms with E-state index in [1.54, 1.807) is 11.3 Å². The van der Waals surface area contributed by atoms with Crippen LogP contribution in [0.3, 0.4) is 0 Å². The van der Waals surface area contributed by atoms with Crippen molar-refractivity contribution >= 4 is 17.2 Å². The molecule has 0 N–H and O–H groups in total. The van der Waals surface area contributed by atoms with Gasteiger partial charge in [0.25, 0.3) is 0 Å². The van der Waals surface area contributed by atoms with Gasteiger partial charge in [-0.2, -0.15) is 4.99 Å². The quantitative estimate of drug-likeness (QED) is 0.607. The zero-order valence-electron chi connectivity index (χ0n) is 8.11. The fourth-order valence-electron chi connectivity index (χ4n) is 1.39. The number of quaternary nitrogens is 1. The Kier molecular flexibility index (Phi) is 1.86. The summed E-state index contributed by atoms with van der Waals surface area (Å²) in [7, 11) is 4.27. The standard InChI is InChI=1S/C10H13N2S/c1-8-4-5-9(13-8)10-11-6-7-12(10,2)3/h4-7H,1-3H3/q+1. The van der Waals surface area contributed by atoms with E-state index in [9.17, 15) is 0 Å². The van der Waals surface area contributed by atoms with E-state index in [0.717, 1.165) is 10.3 Å². The smallest absolute Gasteiger partial charge is 0.249 e. The van der Waals surface area contributed by atoms with Crippen molar-refractivity contribution in [1.29, 1.82) is 0 Å². The summed E-state index contributed by atoms with van der Waals surface area (Å²) in [4.78, 5) is 7.00. The predicted octanol–water partition coefficient (Wildman–Crippen LogP) is 2.36. The molecule has 1 aromatic heterocycles. The number of thiophene rings is 1. The Morgan fingerprint density at radius 1 is 1.31 bits per heavy atom. The molecule has 0 atom stereocenters. The lowest BCUT2D eigenvalue weighted by molar-refractivity contribution is -0.738. The number of amidine groups is 1. The summed E-state index contributed by atoms with van der Waals surface area (Å²) in [6.07, 6.45) is 3.97. The van der Waals surface area contributed by atoms with Crippen LogP contribution in [0.1, 0.15) is 9.75 Å². The molecule has 1 aliphatic heterocycles. The predicted molar refractivity (Wildman–Crippen MR) is 56.8 cm³/mol. The van der Waals surface area contributed by atoms with Crippen LogP contribution in [-0.2, 0) is 0 Å². The maximum absolute atomic E-state index is 4.39. The van der Waals surface area contributed by atoms with Gasteiger partial charge in [-0.05, 0) is 19.1 Å². The van der Waals surface area contributed by atoms with Crippen molar-refractivity contribution < 1.29 is 4.48 Å². The molecule has 68 valence electrons. The average Bonchev–Trinajstić information content (AvgIpc) is 2.56. The molecule has 0 bridgehead atoms. The van der Waals surface area contributed by atoms with E-state index < -0.39 is 0 Å². The third-order valence-electron chi connectivity index (χ3n) is 2.14. The Hall–Kier alpha value is -0.930. The fraction of sp³-hybridized carbons (Fsp3) is 0.300. The van der Waals surface area contributed by atoms with Gasteiger partial charge in [0.05, 0.1) is 20.3 Å². The van der Waals surface area contributed by atoms with Gasteiger partial charge in [-0.25, -0.2) is 0 Å². The van der Waals surface area contributed by atoms with Gasteiger partial charge in [-0.1, -0.05) is 0 Å². The number of hydrogen-bond acceptors (Lipinski definition) is 2. The van der Waals surface area contributed by atoms with Crippen LogP contribution in [0.15, 0.2) is 29.5 Å². The van der Waals surface area contributed by atoms with Crippen molar-refractivity contribution in [3.05, 3.63) is 34.3 Å². The minimum absolute atomic E-state index is 0.750. The van der Waals surface area contributed by atoms with Crippen LogP contribution < -0.4 is 0 Å². The first-order valence-electron chi connectivity index (χ1n) is 4.26. The average molecular weight is 193 g/mol. The summed E-state index contributed by atoms with van der Waals surface area (Å²) in [6, 6.07) is 4.28. The number of nitrogens with zero attached hydrogens (tertiary/aromatic N) is 2. The van der Waals surface area contributed by atoms with Gasteiger partial charge in [0, 0.05) is 4.88 Å². The Morgan fingerprint density at radius 2 is 2.08 bits per heavy atom. The van der Waals surface area contributed by atoms with Crippen molar-refractivity contribution in [1.82, 2.24) is 0 Å². The van der Waals surface area contributed by atoms with Crippen molar-refractivity contribution in [2.75, 3.05) is 14.1 Å². The second-order valence-electron chi connectivity index (χ2n) is 3.70. The second kappa shape index (κ2) is 2.79. The van der Waals surface area contributed by atoms with Gasteiger partial charge in [0.2, 0.25) is 5.84 Å². The maximum Gasteiger partial charge on any atom is 0.249 e. The van der Waals surface area contributed by atoms with Crippen LogP contribution in [0.4, 0.5) is 0 Å². The largest absolute Gasteiger partial charge is 0.251 e. The van der Waals surface area contributed by atoms with Crippen LogP contribution in [0, 0.1) is 6.92 Å². The first-order valence-corrected chi connectivity index (χ1v) is 5.08. The fourth-order valence-corrected chi connectivity index (χ4v) is 2.39. The molecule has 0 amide bonds. The lowest BCUT2D eigenvalue weighted by Crippen LogP contribution is -2.37. The Bertz CT molecular complexity index is 385. The Morgan fingerprint density at radius 3 is 2.54 bits per heavy atom. The van der Waals surface area contributed by atoms with E-state index in [-0.39, 0.29) is 0 Å². The molecule has 2 heterocycles. The summed E-state index contributed by atoms with van der Waals surface area (Å²) in [5.41, 5.74) is 0. The lowest BCUT2D eigenvalue weighted by Gasteiger charge is -2.20. The molecular weight excluding hydrogens is 180 g/mol. The minimum atomic E-state index is 0.750. The highest BCUT2D eigenvalue weighted by Crippen LogP contribution is 2.23. The van der Waals surface area contributed by atoms with Gasteiger partial charge in [-0.15, -0.1) is 11.3 Å². The Balaban J connectivity index is 2.39. The molecule has 2 rings (SSSR count). The molecule has 0 saturated heterocycles. The van der Waals surface area contributed by atoms with Crippen LogP contribution in [-0.4, -0.2) is 24.4 Å². The number of aliphatic imine (C=N–C) groups is 1. The van der Waals surface area contributed by atoms with Gasteiger partial charge in [0.1, 0.15) is 11.1 Å². The third kappa shape index (κ3) is 1.45. The van der Waals surface area contributed by atoms with Gasteiger partial charge >= 0.3 is 0 Å². The molecule has 0 aromatic carbocycles. The molecule has 3 heteroatoms. The summed E-state index contributed by atoms with van der Waals surface area (Å²) in [5, 5.41) is 0. The number of aryl methyl sites for hydroxylation is 1. The molecule has 2 nitrogen and oxygen atoms in total. The maximum atomic E-state index is 4.39. The van der Waals surface area contributed by atoms with Gasteiger partial charge < -0.3 is 0 Å². The third-order valence-corrected chi connectivity index (χ3v) is 3.14. The topological polar surface area (TPSA) is 12.4 Å². The zero-order chi connectivity index (χ0) is 9.47. The minimum Gasteiger partial charge on any atom is -0.251 e. The summed E-state index contributed by atoms with van der Waals surface area (Å²) in [5.74, 6) is 1.14. The first-order chi connectivity index (χ1) is 6.09. The van der Waals surface area contributed by atoms with Crippen LogP contribution in [0.2, 0.25) is 0 Å². The molecule has 1 aromatic rings. The second-order valence-corrected chi connectivity index (χ2v) is 4.99. The van der Waals surface area contributed by atoms with E-state index in [2.05, 4.69) is 44.3 Å². The van der Waals surface area contributed by atoms with Crippen LogP contribution in [0.25, 0.3) is 0 Å². The highest BCUT2D eigenvalue weighted by Gasteiger charge is 2.27. The Labute approximate surface area is 82.4 Å². The lowest BCUT2D eigenvalue weighted by atomic mass is 10.3. The first kappa shape index (κ1) is 8.66. The van der Waals surface area contributed by atoms with E-state index in [1.807, 2.05) is 6.20 Å². The molecule has 0 fully saturated rings. The van der Waals surface area contributed by atoms with E-state index in [1.165, 1.54) is 9.75 Å². The van der Waals surface area contributed by atoms with Crippen molar-refractivity contribution in [3.8, 4) is 0 Å². The van der Waals surface area contributed by atoms with Gasteiger partial charge in [-0.3, -0.25) is 4.48 Å². The molecular formula is C10H13N2S+. The normalized spacial score (nSPS) is 19.2. The van der Waals surface area contributed by atoms with Crippen molar-refractivity contribution in [2.45, 2.75) is 6.92 Å². The summed E-state index contributed by atoms with van der Waals surface area (Å²) < 4.78 is 0.750. The SMILES string of the molecule is Cc1ccc(C2=NC=C[N+]2(C)C)s1. The van der Waals surface area contributed by atoms with E-state index in [0.29, 0.717) is 0 Å². The zero-order valence-corrected chi connectivity index (χ0v) is 8.93. The molecule has 13 heavy (non-hydrogen) atoms. The monoisotopic (exact) mass is 193 g/mol. The number of rotatable bonds is 1. The van der Waals surface area contributed by atoms with Crippen molar-refractivity contribution in [3.63, 3.8) is 0 Å². The van der Waals surface area contributed by atoms with E-state index in [4.69, 9.17) is 0 Å². The van der Waals surface area contributed by atoms with E-state index >= 15 is 0 Å². The van der Waals surface area contributed by atoms with Crippen LogP contribution in [0.5, 0.6) is 0 Å². The molecule has 0 aliphatic carbocycles. The van der Waals surface area contributed by atoms with Gasteiger partial charge in [0.15, 0.2) is 0 Å². The molecule has 0 saturated carbocycles. The van der Waals surface area contributed by atoms with Crippen LogP contribution >= 0.6 is 11.3 Å². The molecule has 0 radical (unpaired) electrons. The van der Waals surface area contributed by atoms with Crippen molar-refractivity contribution in [2.24, 2.45) is 4.99 Å². The molecule has 0 spiro atoms. The molecule has 1 aliphatic rings. The highest BCUT2D eigenvalue weighted by molar-refractivity contribution is 7.13. The highest BCUT2D eigenvalue weighted by atomic mass is 32.1. The molecule has 0 unspecified atom stereocenters. The summed E-state index contributed by atoms with van der Waals surface area (Å²) >= 11 is 1.80. The summed E-state index contributed by atoms with van der Waals surface area (Å²) in [6.45, 7) is 2.12. The number of hydrogen-bond donors (Lipinski definition) is 0.